The lowest BCUT2D eigenvalue weighted by molar-refractivity contribution is 0.223. The molecule has 0 unspecified atom stereocenters. The summed E-state index contributed by atoms with van der Waals surface area (Å²) in [6, 6.07) is 19.4. The molecule has 0 bridgehead atoms. The summed E-state index contributed by atoms with van der Waals surface area (Å²) >= 11 is 0. The van der Waals surface area contributed by atoms with Crippen LogP contribution in [-0.4, -0.2) is 41.3 Å². The topological polar surface area (TPSA) is 98.9 Å². The average molecular weight is 526 g/mol. The molecule has 39 heavy (non-hydrogen) atoms. The third-order valence-corrected chi connectivity index (χ3v) is 6.39. The highest BCUT2D eigenvalue weighted by Crippen LogP contribution is 2.40. The molecule has 9 nitrogen and oxygen atoms in total. The fraction of sp³-hybridized carbons (Fsp3) is 0.207. The van der Waals surface area contributed by atoms with Crippen molar-refractivity contribution in [3.8, 4) is 11.5 Å². The molecule has 5 rings (SSSR count). The summed E-state index contributed by atoms with van der Waals surface area (Å²) in [7, 11) is 0. The lowest BCUT2D eigenvalue weighted by atomic mass is 10.1. The van der Waals surface area contributed by atoms with E-state index in [4.69, 9.17) is 11.3 Å². The second-order valence-corrected chi connectivity index (χ2v) is 9.01. The molecule has 0 radical (unpaired) electrons. The number of aromatic nitrogens is 2. The molecule has 0 spiro atoms. The maximum absolute atomic E-state index is 14.2. The van der Waals surface area contributed by atoms with Crippen molar-refractivity contribution in [2.45, 2.75) is 13.0 Å². The van der Waals surface area contributed by atoms with E-state index in [0.717, 1.165) is 37.6 Å². The van der Waals surface area contributed by atoms with Crippen molar-refractivity contribution in [3.05, 3.63) is 95.7 Å². The Morgan fingerprint density at radius 3 is 2.56 bits per heavy atom. The first-order valence-electron chi connectivity index (χ1n) is 12.6. The summed E-state index contributed by atoms with van der Waals surface area (Å²) in [5.41, 5.74) is 2.89. The molecule has 1 aliphatic heterocycles. The number of ether oxygens (including phenoxy) is 1. The van der Waals surface area contributed by atoms with Crippen LogP contribution in [0.25, 0.3) is 4.85 Å². The minimum Gasteiger partial charge on any atom is -0.503 e. The first-order chi connectivity index (χ1) is 19.0. The molecule has 10 heteroatoms. The first kappa shape index (κ1) is 25.8. The number of hydrogen-bond donors (Lipinski definition) is 4. The number of aromatic hydroxyl groups is 1. The van der Waals surface area contributed by atoms with Gasteiger partial charge in [0.1, 0.15) is 17.7 Å². The molecule has 0 amide bonds. The monoisotopic (exact) mass is 525 g/mol. The van der Waals surface area contributed by atoms with Crippen LogP contribution in [0.3, 0.4) is 0 Å². The van der Waals surface area contributed by atoms with Gasteiger partial charge in [0.2, 0.25) is 5.95 Å². The summed E-state index contributed by atoms with van der Waals surface area (Å²) in [5, 5.41) is 19.9. The predicted octanol–water partition coefficient (Wildman–Crippen LogP) is 5.91. The average Bonchev–Trinajstić information content (AvgIpc) is 2.96. The van der Waals surface area contributed by atoms with Crippen LogP contribution in [0.1, 0.15) is 18.6 Å². The molecule has 1 aromatic heterocycles. The molecular weight excluding hydrogens is 497 g/mol. The maximum atomic E-state index is 14.2. The van der Waals surface area contributed by atoms with Gasteiger partial charge < -0.3 is 30.7 Å². The van der Waals surface area contributed by atoms with E-state index in [-0.39, 0.29) is 34.8 Å². The molecule has 0 saturated carbocycles. The van der Waals surface area contributed by atoms with Crippen LogP contribution in [0.4, 0.5) is 38.9 Å². The number of hydrogen-bond acceptors (Lipinski definition) is 8. The van der Waals surface area contributed by atoms with Gasteiger partial charge in [-0.2, -0.15) is 4.98 Å². The van der Waals surface area contributed by atoms with Crippen molar-refractivity contribution in [3.63, 3.8) is 0 Å². The van der Waals surface area contributed by atoms with Gasteiger partial charge in [-0.25, -0.2) is 14.2 Å². The van der Waals surface area contributed by atoms with Gasteiger partial charge >= 0.3 is 0 Å². The van der Waals surface area contributed by atoms with Crippen LogP contribution in [0.15, 0.2) is 72.9 Å². The molecule has 0 aliphatic carbocycles. The summed E-state index contributed by atoms with van der Waals surface area (Å²) in [5.74, 6) is 0.108. The fourth-order valence-electron chi connectivity index (χ4n) is 4.36. The van der Waals surface area contributed by atoms with Crippen molar-refractivity contribution < 1.29 is 14.2 Å². The molecule has 4 N–H and O–H groups in total. The number of anilines is 5. The number of para-hydroxylation sites is 1. The predicted molar refractivity (Wildman–Crippen MR) is 150 cm³/mol. The zero-order valence-electron chi connectivity index (χ0n) is 21.4. The Morgan fingerprint density at radius 2 is 1.82 bits per heavy atom. The van der Waals surface area contributed by atoms with E-state index in [1.807, 2.05) is 24.3 Å². The van der Waals surface area contributed by atoms with Crippen molar-refractivity contribution in [2.24, 2.45) is 0 Å². The van der Waals surface area contributed by atoms with E-state index in [9.17, 15) is 9.50 Å². The second kappa shape index (κ2) is 11.7. The Kier molecular flexibility index (Phi) is 7.70. The van der Waals surface area contributed by atoms with Crippen molar-refractivity contribution in [1.82, 2.24) is 15.3 Å². The van der Waals surface area contributed by atoms with Crippen LogP contribution < -0.4 is 25.6 Å². The molecule has 4 aromatic rings. The van der Waals surface area contributed by atoms with Crippen molar-refractivity contribution in [2.75, 3.05) is 41.7 Å². The molecule has 1 aliphatic rings. The van der Waals surface area contributed by atoms with Crippen molar-refractivity contribution in [1.29, 1.82) is 0 Å². The van der Waals surface area contributed by atoms with Gasteiger partial charge in [-0.1, -0.05) is 24.3 Å². The molecule has 1 fully saturated rings. The molecular formula is C29H28FN7O2. The zero-order chi connectivity index (χ0) is 27.2. The van der Waals surface area contributed by atoms with E-state index in [1.54, 1.807) is 43.3 Å². The zero-order valence-corrected chi connectivity index (χ0v) is 21.4. The van der Waals surface area contributed by atoms with Gasteiger partial charge in [-0.3, -0.25) is 0 Å². The Labute approximate surface area is 226 Å². The van der Waals surface area contributed by atoms with Crippen LogP contribution in [-0.2, 0) is 0 Å². The number of rotatable bonds is 8. The molecule has 1 atom stereocenters. The first-order valence-corrected chi connectivity index (χ1v) is 12.6. The van der Waals surface area contributed by atoms with Crippen LogP contribution in [0.2, 0.25) is 0 Å². The highest BCUT2D eigenvalue weighted by atomic mass is 19.1. The number of piperazine rings is 1. The number of nitrogens with one attached hydrogen (secondary N) is 3. The number of nitrogens with zero attached hydrogens (tertiary/aromatic N) is 4. The Balaban J connectivity index is 1.32. The van der Waals surface area contributed by atoms with Gasteiger partial charge in [-0.15, -0.1) is 0 Å². The van der Waals surface area contributed by atoms with E-state index < -0.39 is 6.10 Å². The third kappa shape index (κ3) is 6.00. The highest BCUT2D eigenvalue weighted by molar-refractivity contribution is 5.80. The summed E-state index contributed by atoms with van der Waals surface area (Å²) in [6.45, 7) is 13.3. The minimum absolute atomic E-state index is 0.120. The quantitative estimate of drug-likeness (QED) is 0.211. The van der Waals surface area contributed by atoms with Gasteiger partial charge in [0.15, 0.2) is 11.6 Å². The van der Waals surface area contributed by atoms with Gasteiger partial charge in [-0.05, 0) is 49.4 Å². The Hall–Kier alpha value is -4.88. The van der Waals surface area contributed by atoms with E-state index >= 15 is 0 Å². The van der Waals surface area contributed by atoms with Crippen LogP contribution in [0.5, 0.6) is 11.5 Å². The van der Waals surface area contributed by atoms with Gasteiger partial charge in [0.25, 0.3) is 5.69 Å². The minimum atomic E-state index is -0.622. The summed E-state index contributed by atoms with van der Waals surface area (Å²) in [4.78, 5) is 14.5. The van der Waals surface area contributed by atoms with Crippen LogP contribution >= 0.6 is 0 Å². The van der Waals surface area contributed by atoms with Crippen molar-refractivity contribution >= 4 is 34.5 Å². The Bertz CT molecular complexity index is 1480. The SMILES string of the molecule is [C-]#[N+]c1c(Nc2nc(Nc3ccc(N4CCNCC4)cc3)ncc2O)cccc1O[C@@H](C)c1ccccc1F. The highest BCUT2D eigenvalue weighted by Gasteiger charge is 2.18. The largest absolute Gasteiger partial charge is 0.503 e. The fourth-order valence-corrected chi connectivity index (χ4v) is 4.36. The van der Waals surface area contributed by atoms with E-state index in [2.05, 4.69) is 35.7 Å². The van der Waals surface area contributed by atoms with Gasteiger partial charge in [0, 0.05) is 48.8 Å². The molecule has 1 saturated heterocycles. The molecule has 3 aromatic carbocycles. The van der Waals surface area contributed by atoms with E-state index in [0.29, 0.717) is 11.3 Å². The maximum Gasteiger partial charge on any atom is 0.250 e. The Morgan fingerprint density at radius 1 is 1.05 bits per heavy atom. The number of benzene rings is 3. The van der Waals surface area contributed by atoms with Crippen LogP contribution in [0, 0.1) is 12.4 Å². The molecule has 2 heterocycles. The lowest BCUT2D eigenvalue weighted by Crippen LogP contribution is -2.43. The standard InChI is InChI=1S/C29H28FN7O2/c1-19(22-6-3-4-7-23(22)30)39-26-9-5-8-24(27(26)31-2)35-28-25(38)18-33-29(36-28)34-20-10-12-21(13-11-20)37-16-14-32-15-17-37/h3-13,18-19,32,38H,14-17H2,1H3,(H2,33,34,35,36)/t19-/m0/s1. The molecule has 198 valence electrons. The third-order valence-electron chi connectivity index (χ3n) is 6.39. The lowest BCUT2D eigenvalue weighted by Gasteiger charge is -2.29. The summed E-state index contributed by atoms with van der Waals surface area (Å²) < 4.78 is 20.2. The smallest absolute Gasteiger partial charge is 0.250 e. The normalized spacial score (nSPS) is 13.8. The number of halogens is 1. The summed E-state index contributed by atoms with van der Waals surface area (Å²) in [6.07, 6.45) is 0.661. The van der Waals surface area contributed by atoms with E-state index in [1.165, 1.54) is 12.3 Å². The second-order valence-electron chi connectivity index (χ2n) is 9.01. The van der Waals surface area contributed by atoms with Gasteiger partial charge in [0.05, 0.1) is 12.8 Å².